The van der Waals surface area contributed by atoms with Gasteiger partial charge in [-0.05, 0) is 104 Å². The third kappa shape index (κ3) is 8.11. The molecule has 0 aromatic heterocycles. The maximum Gasteiger partial charge on any atom is 0.338 e. The molecular formula is C34H30Br2N4O5S. The summed E-state index contributed by atoms with van der Waals surface area (Å²) >= 11 is 12.5. The van der Waals surface area contributed by atoms with E-state index in [-0.39, 0.29) is 13.2 Å². The standard InChI is InChI=1S/C34H30Br2N4O5S/c1-3-43-33(42)30-20(2)38-34(46)39-31(30)25-10-6-7-11-28(25)44-19-29(41)40-37-17-22-15-26(35)32(27(36)16-22)45-18-21-12-13-23-8-4-5-9-24(23)14-21/h4-17,31H,3,18-19H2,1-2H3,(H,40,41)(H2,38,39,46)/t31-/m0/s1. The molecule has 1 heterocycles. The zero-order valence-corrected chi connectivity index (χ0v) is 28.9. The molecule has 0 aliphatic carbocycles. The summed E-state index contributed by atoms with van der Waals surface area (Å²) in [4.78, 5) is 25.4. The number of hydrazone groups is 1. The van der Waals surface area contributed by atoms with Gasteiger partial charge < -0.3 is 24.8 Å². The van der Waals surface area contributed by atoms with E-state index in [2.05, 4.69) is 83.4 Å². The molecule has 0 bridgehead atoms. The third-order valence-corrected chi connectivity index (χ3v) is 8.37. The summed E-state index contributed by atoms with van der Waals surface area (Å²) in [6, 6.07) is 24.6. The smallest absolute Gasteiger partial charge is 0.338 e. The molecule has 0 saturated carbocycles. The summed E-state index contributed by atoms with van der Waals surface area (Å²) in [6.45, 7) is 3.81. The van der Waals surface area contributed by atoms with Crippen molar-refractivity contribution in [2.45, 2.75) is 26.5 Å². The van der Waals surface area contributed by atoms with Gasteiger partial charge in [-0.25, -0.2) is 10.2 Å². The summed E-state index contributed by atoms with van der Waals surface area (Å²) in [5, 5.41) is 12.9. The van der Waals surface area contributed by atoms with Gasteiger partial charge in [0, 0.05) is 11.3 Å². The molecule has 0 saturated heterocycles. The van der Waals surface area contributed by atoms with Gasteiger partial charge in [0.15, 0.2) is 11.7 Å². The third-order valence-electron chi connectivity index (χ3n) is 6.97. The van der Waals surface area contributed by atoms with E-state index in [0.29, 0.717) is 40.1 Å². The first-order valence-corrected chi connectivity index (χ1v) is 16.3. The summed E-state index contributed by atoms with van der Waals surface area (Å²) in [7, 11) is 0. The van der Waals surface area contributed by atoms with E-state index in [1.54, 1.807) is 32.0 Å². The van der Waals surface area contributed by atoms with Crippen molar-refractivity contribution in [1.82, 2.24) is 16.1 Å². The number of fused-ring (bicyclic) bond motifs is 1. The van der Waals surface area contributed by atoms with Gasteiger partial charge in [0.1, 0.15) is 18.1 Å². The molecule has 12 heteroatoms. The minimum absolute atomic E-state index is 0.226. The second-order valence-corrected chi connectivity index (χ2v) is 12.3. The van der Waals surface area contributed by atoms with Crippen LogP contribution in [0.15, 0.2) is 104 Å². The molecule has 1 aliphatic rings. The summed E-state index contributed by atoms with van der Waals surface area (Å²) < 4.78 is 18.7. The number of rotatable bonds is 11. The number of hydrogen-bond donors (Lipinski definition) is 3. The summed E-state index contributed by atoms with van der Waals surface area (Å²) in [6.07, 6.45) is 1.52. The summed E-state index contributed by atoms with van der Waals surface area (Å²) in [5.74, 6) is 0.120. The molecule has 9 nitrogen and oxygen atoms in total. The molecule has 0 fully saturated rings. The molecule has 236 valence electrons. The minimum atomic E-state index is -0.624. The van der Waals surface area contributed by atoms with Gasteiger partial charge in [-0.2, -0.15) is 5.10 Å². The average molecular weight is 767 g/mol. The number of nitrogens with one attached hydrogen (secondary N) is 3. The first-order valence-electron chi connectivity index (χ1n) is 14.3. The molecule has 0 spiro atoms. The van der Waals surface area contributed by atoms with E-state index in [1.807, 2.05) is 30.3 Å². The average Bonchev–Trinajstić information content (AvgIpc) is 3.03. The van der Waals surface area contributed by atoms with Crippen LogP contribution in [-0.4, -0.2) is 36.4 Å². The Hall–Kier alpha value is -4.26. The number of benzene rings is 4. The summed E-state index contributed by atoms with van der Waals surface area (Å²) in [5.41, 5.74) is 5.85. The lowest BCUT2D eigenvalue weighted by Crippen LogP contribution is -2.45. The number of carbonyl (C=O) groups is 2. The highest BCUT2D eigenvalue weighted by Gasteiger charge is 2.32. The number of thiocarbonyl (C=S) groups is 1. The minimum Gasteiger partial charge on any atom is -0.487 e. The van der Waals surface area contributed by atoms with E-state index in [9.17, 15) is 9.59 Å². The quantitative estimate of drug-likeness (QED) is 0.0661. The predicted molar refractivity (Wildman–Crippen MR) is 189 cm³/mol. The van der Waals surface area contributed by atoms with Crippen LogP contribution in [0.1, 0.15) is 36.6 Å². The van der Waals surface area contributed by atoms with Gasteiger partial charge >= 0.3 is 5.97 Å². The van der Waals surface area contributed by atoms with E-state index in [4.69, 9.17) is 26.4 Å². The van der Waals surface area contributed by atoms with Crippen molar-refractivity contribution in [3.63, 3.8) is 0 Å². The molecule has 1 amide bonds. The Morgan fingerprint density at radius 2 is 1.70 bits per heavy atom. The molecule has 3 N–H and O–H groups in total. The maximum atomic E-state index is 12.8. The van der Waals surface area contributed by atoms with Crippen molar-refractivity contribution < 1.29 is 23.8 Å². The number of esters is 1. The van der Waals surface area contributed by atoms with Crippen LogP contribution in [0.4, 0.5) is 0 Å². The second-order valence-electron chi connectivity index (χ2n) is 10.2. The van der Waals surface area contributed by atoms with Crippen LogP contribution in [0.5, 0.6) is 11.5 Å². The zero-order valence-electron chi connectivity index (χ0n) is 24.9. The van der Waals surface area contributed by atoms with Crippen LogP contribution >= 0.6 is 44.1 Å². The molecular weight excluding hydrogens is 736 g/mol. The SMILES string of the molecule is CCOC(=O)C1=C(C)NC(=S)N[C@H]1c1ccccc1OCC(=O)NN=Cc1cc(Br)c(OCc2ccc3ccccc3c2)c(Br)c1. The number of amides is 1. The van der Waals surface area contributed by atoms with E-state index in [1.165, 1.54) is 11.6 Å². The fraction of sp³-hybridized carbons (Fsp3) is 0.176. The largest absolute Gasteiger partial charge is 0.487 e. The highest BCUT2D eigenvalue weighted by molar-refractivity contribution is 9.11. The van der Waals surface area contributed by atoms with Gasteiger partial charge in [0.25, 0.3) is 5.91 Å². The number of allylic oxidation sites excluding steroid dienone is 1. The molecule has 46 heavy (non-hydrogen) atoms. The monoisotopic (exact) mass is 764 g/mol. The fourth-order valence-corrected chi connectivity index (χ4v) is 6.61. The zero-order chi connectivity index (χ0) is 32.6. The molecule has 5 rings (SSSR count). The van der Waals surface area contributed by atoms with Crippen LogP contribution in [0.2, 0.25) is 0 Å². The Labute approximate surface area is 288 Å². The first-order chi connectivity index (χ1) is 22.2. The van der Waals surface area contributed by atoms with E-state index >= 15 is 0 Å². The van der Waals surface area contributed by atoms with Gasteiger partial charge in [-0.1, -0.05) is 54.6 Å². The lowest BCUT2D eigenvalue weighted by molar-refractivity contribution is -0.139. The van der Waals surface area contributed by atoms with Crippen molar-refractivity contribution in [2.24, 2.45) is 5.10 Å². The molecule has 4 aromatic carbocycles. The Bertz CT molecular complexity index is 1840. The predicted octanol–water partition coefficient (Wildman–Crippen LogP) is 6.83. The van der Waals surface area contributed by atoms with Gasteiger partial charge in [-0.3, -0.25) is 4.79 Å². The Morgan fingerprint density at radius 1 is 0.978 bits per heavy atom. The Morgan fingerprint density at radius 3 is 2.46 bits per heavy atom. The topological polar surface area (TPSA) is 110 Å². The molecule has 1 aliphatic heterocycles. The van der Waals surface area contributed by atoms with Crippen molar-refractivity contribution in [3.8, 4) is 11.5 Å². The molecule has 0 radical (unpaired) electrons. The van der Waals surface area contributed by atoms with E-state index in [0.717, 1.165) is 25.5 Å². The number of hydrogen-bond acceptors (Lipinski definition) is 7. The second kappa shape index (κ2) is 15.4. The number of halogens is 2. The highest BCUT2D eigenvalue weighted by Crippen LogP contribution is 2.36. The molecule has 4 aromatic rings. The fourth-order valence-electron chi connectivity index (χ4n) is 4.89. The van der Waals surface area contributed by atoms with Crippen molar-refractivity contribution >= 4 is 78.1 Å². The maximum absolute atomic E-state index is 12.8. The van der Waals surface area contributed by atoms with Crippen LogP contribution in [0.3, 0.4) is 0 Å². The van der Waals surface area contributed by atoms with Crippen LogP contribution in [-0.2, 0) is 20.9 Å². The van der Waals surface area contributed by atoms with Crippen molar-refractivity contribution in [1.29, 1.82) is 0 Å². The van der Waals surface area contributed by atoms with Gasteiger partial charge in [-0.15, -0.1) is 0 Å². The van der Waals surface area contributed by atoms with Crippen LogP contribution < -0.4 is 25.5 Å². The molecule has 0 unspecified atom stereocenters. The van der Waals surface area contributed by atoms with Crippen LogP contribution in [0, 0.1) is 0 Å². The number of ether oxygens (including phenoxy) is 3. The van der Waals surface area contributed by atoms with E-state index < -0.39 is 17.9 Å². The van der Waals surface area contributed by atoms with Crippen molar-refractivity contribution in [3.05, 3.63) is 116 Å². The van der Waals surface area contributed by atoms with Crippen molar-refractivity contribution in [2.75, 3.05) is 13.2 Å². The first kappa shape index (κ1) is 33.1. The Balaban J connectivity index is 1.19. The van der Waals surface area contributed by atoms with Gasteiger partial charge in [0.05, 0.1) is 33.4 Å². The number of para-hydroxylation sites is 1. The van der Waals surface area contributed by atoms with Gasteiger partial charge in [0.2, 0.25) is 0 Å². The van der Waals surface area contributed by atoms with Crippen LogP contribution in [0.25, 0.3) is 10.8 Å². The Kier molecular flexibility index (Phi) is 11.1. The number of nitrogens with zero attached hydrogens (tertiary/aromatic N) is 1. The molecule has 1 atom stereocenters. The number of carbonyl (C=O) groups excluding carboxylic acids is 2. The highest BCUT2D eigenvalue weighted by atomic mass is 79.9. The normalized spacial score (nSPS) is 14.5. The lowest BCUT2D eigenvalue weighted by atomic mass is 9.95. The lowest BCUT2D eigenvalue weighted by Gasteiger charge is -2.30.